The third-order valence-corrected chi connectivity index (χ3v) is 10.2. The second kappa shape index (κ2) is 12.1. The molecule has 252 valence electrons. The lowest BCUT2D eigenvalue weighted by atomic mass is 9.95. The van der Waals surface area contributed by atoms with Gasteiger partial charge in [0.1, 0.15) is 22.3 Å². The zero-order valence-corrected chi connectivity index (χ0v) is 28.8. The average Bonchev–Trinajstić information content (AvgIpc) is 3.82. The highest BCUT2D eigenvalue weighted by Gasteiger charge is 2.21. The number of hydrogen-bond donors (Lipinski definition) is 0. The van der Waals surface area contributed by atoms with Crippen LogP contribution in [0, 0.1) is 0 Å². The second-order valence-corrected chi connectivity index (χ2v) is 13.4. The van der Waals surface area contributed by atoms with Gasteiger partial charge >= 0.3 is 0 Å². The van der Waals surface area contributed by atoms with Crippen molar-refractivity contribution in [2.24, 2.45) is 0 Å². The lowest BCUT2D eigenvalue weighted by Gasteiger charge is -2.14. The van der Waals surface area contributed by atoms with E-state index in [1.807, 2.05) is 66.9 Å². The average molecular weight is 693 g/mol. The van der Waals surface area contributed by atoms with Crippen LogP contribution < -0.4 is 0 Å². The van der Waals surface area contributed by atoms with Gasteiger partial charge in [0.25, 0.3) is 0 Å². The van der Waals surface area contributed by atoms with E-state index in [9.17, 15) is 0 Å². The molecule has 7 aromatic carbocycles. The van der Waals surface area contributed by atoms with Crippen molar-refractivity contribution in [1.29, 1.82) is 0 Å². The first kappa shape index (κ1) is 30.2. The number of rotatable bonds is 5. The van der Waals surface area contributed by atoms with Crippen molar-refractivity contribution in [2.45, 2.75) is 0 Å². The topological polar surface area (TPSA) is 77.8 Å². The van der Waals surface area contributed by atoms with E-state index < -0.39 is 0 Å². The summed E-state index contributed by atoms with van der Waals surface area (Å²) in [6.45, 7) is 0. The Morgan fingerprint density at radius 1 is 0.333 bits per heavy atom. The number of furan rings is 2. The quantitative estimate of drug-likeness (QED) is 0.179. The SMILES string of the molecule is c1ccc(-c2cccc(-c3nc(-c4ccc(-c5nccc6oc7ccccc7c56)c5ccccc45)nc(-c4cccc5oc6ccccc6c45)n3)c2)cc1. The first-order valence-corrected chi connectivity index (χ1v) is 17.9. The van der Waals surface area contributed by atoms with Crippen LogP contribution in [0.15, 0.2) is 179 Å². The first-order valence-electron chi connectivity index (χ1n) is 17.9. The van der Waals surface area contributed by atoms with Crippen molar-refractivity contribution in [3.8, 4) is 56.5 Å². The highest BCUT2D eigenvalue weighted by Crippen LogP contribution is 2.41. The fraction of sp³-hybridized carbons (Fsp3) is 0. The highest BCUT2D eigenvalue weighted by molar-refractivity contribution is 6.15. The minimum absolute atomic E-state index is 0.571. The highest BCUT2D eigenvalue weighted by atomic mass is 16.3. The van der Waals surface area contributed by atoms with Crippen molar-refractivity contribution in [1.82, 2.24) is 19.9 Å². The van der Waals surface area contributed by atoms with Crippen molar-refractivity contribution in [3.05, 3.63) is 170 Å². The van der Waals surface area contributed by atoms with Crippen molar-refractivity contribution >= 4 is 54.6 Å². The van der Waals surface area contributed by atoms with E-state index in [1.165, 1.54) is 0 Å². The zero-order chi connectivity index (χ0) is 35.6. The van der Waals surface area contributed by atoms with Gasteiger partial charge in [-0.05, 0) is 58.3 Å². The third-order valence-electron chi connectivity index (χ3n) is 10.2. The maximum atomic E-state index is 6.29. The van der Waals surface area contributed by atoms with Crippen LogP contribution in [0.1, 0.15) is 0 Å². The molecule has 0 spiro atoms. The Hall–Kier alpha value is -7.44. The molecule has 0 aliphatic rings. The van der Waals surface area contributed by atoms with Gasteiger partial charge in [0, 0.05) is 44.6 Å². The summed E-state index contributed by atoms with van der Waals surface area (Å²) in [6.07, 6.45) is 1.82. The Balaban J connectivity index is 1.16. The molecule has 0 saturated carbocycles. The summed E-state index contributed by atoms with van der Waals surface area (Å²) in [5.74, 6) is 1.73. The fourth-order valence-electron chi connectivity index (χ4n) is 7.75. The molecule has 0 aliphatic heterocycles. The van der Waals surface area contributed by atoms with Gasteiger partial charge in [-0.3, -0.25) is 4.98 Å². The second-order valence-electron chi connectivity index (χ2n) is 13.4. The molecule has 0 unspecified atom stereocenters. The van der Waals surface area contributed by atoms with Crippen molar-refractivity contribution < 1.29 is 8.83 Å². The number of para-hydroxylation sites is 2. The number of aromatic nitrogens is 4. The van der Waals surface area contributed by atoms with E-state index in [4.69, 9.17) is 28.8 Å². The summed E-state index contributed by atoms with van der Waals surface area (Å²) >= 11 is 0. The minimum atomic E-state index is 0.571. The summed E-state index contributed by atoms with van der Waals surface area (Å²) in [7, 11) is 0. The van der Waals surface area contributed by atoms with Gasteiger partial charge < -0.3 is 8.83 Å². The van der Waals surface area contributed by atoms with E-state index >= 15 is 0 Å². The van der Waals surface area contributed by atoms with Crippen molar-refractivity contribution in [3.63, 3.8) is 0 Å². The number of fused-ring (bicyclic) bond motifs is 7. The van der Waals surface area contributed by atoms with Gasteiger partial charge in [-0.25, -0.2) is 15.0 Å². The van der Waals surface area contributed by atoms with Crippen molar-refractivity contribution in [2.75, 3.05) is 0 Å². The summed E-state index contributed by atoms with van der Waals surface area (Å²) in [4.78, 5) is 20.6. The Bertz CT molecular complexity index is 3240. The van der Waals surface area contributed by atoms with Crippen LogP contribution in [0.2, 0.25) is 0 Å². The molecule has 4 aromatic heterocycles. The molecule has 0 amide bonds. The van der Waals surface area contributed by atoms with Crippen LogP contribution in [-0.2, 0) is 0 Å². The lowest BCUT2D eigenvalue weighted by molar-refractivity contribution is 0.668. The molecule has 0 atom stereocenters. The van der Waals surface area contributed by atoms with Crippen LogP contribution in [-0.4, -0.2) is 19.9 Å². The molecular formula is C48H28N4O2. The van der Waals surface area contributed by atoms with E-state index in [0.717, 1.165) is 93.7 Å². The van der Waals surface area contributed by atoms with Gasteiger partial charge in [-0.1, -0.05) is 127 Å². The summed E-state index contributed by atoms with van der Waals surface area (Å²) in [5.41, 5.74) is 10.0. The molecular weight excluding hydrogens is 665 g/mol. The van der Waals surface area contributed by atoms with Crippen LogP contribution in [0.3, 0.4) is 0 Å². The molecule has 0 saturated heterocycles. The zero-order valence-electron chi connectivity index (χ0n) is 28.8. The van der Waals surface area contributed by atoms with Gasteiger partial charge in [-0.2, -0.15) is 0 Å². The van der Waals surface area contributed by atoms with Gasteiger partial charge in [-0.15, -0.1) is 0 Å². The normalized spacial score (nSPS) is 11.7. The Kier molecular flexibility index (Phi) is 6.75. The standard InChI is InChI=1S/C48H28N4O2/c1-2-12-29(13-3-1)30-14-10-15-31(28-30)46-50-47(52-48(51-46)38-20-11-23-41-43(38)36-18-6-8-21-39(36)53-41)35-25-24-34(32-16-4-5-17-33(32)35)45-44-37-19-7-9-22-40(37)54-42(44)26-27-49-45/h1-28H. The summed E-state index contributed by atoms with van der Waals surface area (Å²) in [5, 5.41) is 6.07. The van der Waals surface area contributed by atoms with E-state index in [0.29, 0.717) is 17.5 Å². The van der Waals surface area contributed by atoms with E-state index in [-0.39, 0.29) is 0 Å². The maximum absolute atomic E-state index is 6.29. The minimum Gasteiger partial charge on any atom is -0.456 e. The molecule has 6 heteroatoms. The Labute approximate surface area is 309 Å². The Morgan fingerprint density at radius 2 is 0.870 bits per heavy atom. The predicted molar refractivity (Wildman–Crippen MR) is 217 cm³/mol. The van der Waals surface area contributed by atoms with Crippen LogP contribution in [0.5, 0.6) is 0 Å². The maximum Gasteiger partial charge on any atom is 0.164 e. The number of hydrogen-bond acceptors (Lipinski definition) is 6. The molecule has 4 heterocycles. The molecule has 11 rings (SSSR count). The molecule has 0 radical (unpaired) electrons. The van der Waals surface area contributed by atoms with Gasteiger partial charge in [0.2, 0.25) is 0 Å². The smallest absolute Gasteiger partial charge is 0.164 e. The molecule has 0 fully saturated rings. The van der Waals surface area contributed by atoms with Gasteiger partial charge in [0.15, 0.2) is 17.5 Å². The van der Waals surface area contributed by atoms with E-state index in [2.05, 4.69) is 103 Å². The molecule has 54 heavy (non-hydrogen) atoms. The molecule has 0 aliphatic carbocycles. The van der Waals surface area contributed by atoms with Gasteiger partial charge in [0.05, 0.1) is 11.1 Å². The largest absolute Gasteiger partial charge is 0.456 e. The molecule has 6 nitrogen and oxygen atoms in total. The number of nitrogens with zero attached hydrogens (tertiary/aromatic N) is 4. The van der Waals surface area contributed by atoms with Crippen LogP contribution >= 0.6 is 0 Å². The van der Waals surface area contributed by atoms with Crippen LogP contribution in [0.25, 0.3) is 111 Å². The summed E-state index contributed by atoms with van der Waals surface area (Å²) < 4.78 is 12.5. The third kappa shape index (κ3) is 4.81. The lowest BCUT2D eigenvalue weighted by Crippen LogP contribution is -2.01. The molecule has 0 bridgehead atoms. The monoisotopic (exact) mass is 692 g/mol. The number of benzene rings is 7. The Morgan fingerprint density at radius 3 is 1.65 bits per heavy atom. The first-order chi connectivity index (χ1) is 26.8. The van der Waals surface area contributed by atoms with Crippen LogP contribution in [0.4, 0.5) is 0 Å². The fourth-order valence-corrected chi connectivity index (χ4v) is 7.75. The molecule has 0 N–H and O–H groups in total. The predicted octanol–water partition coefficient (Wildman–Crippen LogP) is 12.6. The number of pyridine rings is 1. The summed E-state index contributed by atoms with van der Waals surface area (Å²) in [6, 6.07) is 55.6. The van der Waals surface area contributed by atoms with E-state index in [1.54, 1.807) is 0 Å². The molecule has 11 aromatic rings.